The highest BCUT2D eigenvalue weighted by atomic mass is 16.4. The topological polar surface area (TPSA) is 99.6 Å². The SMILES string of the molecule is CC(=O)c1cccc(-c2ccccc2C(=O)Nc2ccc(N(CCc3ccccn3)C(=O)O)cc2)c1. The van der Waals surface area contributed by atoms with Crippen LogP contribution >= 0.6 is 0 Å². The molecule has 180 valence electrons. The minimum absolute atomic E-state index is 0.0469. The number of hydrogen-bond acceptors (Lipinski definition) is 4. The molecule has 0 aliphatic heterocycles. The van der Waals surface area contributed by atoms with Crippen LogP contribution in [-0.2, 0) is 6.42 Å². The molecule has 0 unspecified atom stereocenters. The molecular weight excluding hydrogens is 454 g/mol. The Labute approximate surface area is 209 Å². The number of Topliss-reactive ketones (excluding diaryl/α,β-unsaturated/α-hetero) is 1. The van der Waals surface area contributed by atoms with Gasteiger partial charge in [-0.3, -0.25) is 19.5 Å². The van der Waals surface area contributed by atoms with Gasteiger partial charge in [-0.1, -0.05) is 42.5 Å². The number of nitrogens with zero attached hydrogens (tertiary/aromatic N) is 2. The largest absolute Gasteiger partial charge is 0.465 e. The fraction of sp³-hybridized carbons (Fsp3) is 0.103. The predicted molar refractivity (Wildman–Crippen MR) is 140 cm³/mol. The first-order valence-corrected chi connectivity index (χ1v) is 11.4. The number of anilines is 2. The summed E-state index contributed by atoms with van der Waals surface area (Å²) in [6.07, 6.45) is 1.09. The summed E-state index contributed by atoms with van der Waals surface area (Å²) >= 11 is 0. The number of nitrogens with one attached hydrogen (secondary N) is 1. The number of benzene rings is 3. The van der Waals surface area contributed by atoms with Crippen LogP contribution in [0.15, 0.2) is 97.2 Å². The third kappa shape index (κ3) is 5.82. The van der Waals surface area contributed by atoms with Gasteiger partial charge in [-0.2, -0.15) is 0 Å². The van der Waals surface area contributed by atoms with Gasteiger partial charge in [-0.05, 0) is 66.6 Å². The van der Waals surface area contributed by atoms with Crippen LogP contribution in [0, 0.1) is 0 Å². The predicted octanol–water partition coefficient (Wildman–Crippen LogP) is 5.93. The van der Waals surface area contributed by atoms with Crippen LogP contribution in [0.5, 0.6) is 0 Å². The first-order chi connectivity index (χ1) is 17.4. The van der Waals surface area contributed by atoms with Gasteiger partial charge in [0.1, 0.15) is 0 Å². The number of hydrogen-bond donors (Lipinski definition) is 2. The Hall–Kier alpha value is -4.78. The van der Waals surface area contributed by atoms with Crippen LogP contribution in [0.1, 0.15) is 33.3 Å². The lowest BCUT2D eigenvalue weighted by molar-refractivity contribution is 0.101. The Bertz CT molecular complexity index is 1390. The Balaban J connectivity index is 1.50. The van der Waals surface area contributed by atoms with Gasteiger partial charge in [0.15, 0.2) is 5.78 Å². The Morgan fingerprint density at radius 2 is 1.64 bits per heavy atom. The zero-order valence-electron chi connectivity index (χ0n) is 19.7. The third-order valence-corrected chi connectivity index (χ3v) is 5.74. The smallest absolute Gasteiger partial charge is 0.411 e. The maximum absolute atomic E-state index is 13.1. The number of aromatic nitrogens is 1. The van der Waals surface area contributed by atoms with Crippen molar-refractivity contribution in [3.8, 4) is 11.1 Å². The molecule has 0 aliphatic carbocycles. The van der Waals surface area contributed by atoms with Gasteiger partial charge >= 0.3 is 6.09 Å². The van der Waals surface area contributed by atoms with Crippen LogP contribution in [0.2, 0.25) is 0 Å². The van der Waals surface area contributed by atoms with Crippen molar-refractivity contribution in [2.75, 3.05) is 16.8 Å². The molecule has 0 saturated heterocycles. The summed E-state index contributed by atoms with van der Waals surface area (Å²) in [7, 11) is 0. The molecule has 0 bridgehead atoms. The maximum atomic E-state index is 13.1. The van der Waals surface area contributed by atoms with E-state index in [9.17, 15) is 19.5 Å². The van der Waals surface area contributed by atoms with E-state index in [1.807, 2.05) is 36.4 Å². The normalized spacial score (nSPS) is 10.5. The average Bonchev–Trinajstić information content (AvgIpc) is 2.90. The van der Waals surface area contributed by atoms with Crippen LogP contribution in [0.3, 0.4) is 0 Å². The summed E-state index contributed by atoms with van der Waals surface area (Å²) in [6, 6.07) is 26.5. The lowest BCUT2D eigenvalue weighted by Gasteiger charge is -2.19. The molecule has 2 amide bonds. The van der Waals surface area contributed by atoms with Gasteiger partial charge in [0.05, 0.1) is 0 Å². The second kappa shape index (κ2) is 11.1. The molecule has 0 saturated carbocycles. The van der Waals surface area contributed by atoms with Gasteiger partial charge in [-0.25, -0.2) is 4.79 Å². The van der Waals surface area contributed by atoms with E-state index in [1.165, 1.54) is 11.8 Å². The summed E-state index contributed by atoms with van der Waals surface area (Å²) in [5.41, 5.74) is 4.35. The van der Waals surface area contributed by atoms with Crippen molar-refractivity contribution in [3.05, 3.63) is 114 Å². The van der Waals surface area contributed by atoms with E-state index in [4.69, 9.17) is 0 Å². The summed E-state index contributed by atoms with van der Waals surface area (Å²) in [4.78, 5) is 42.2. The fourth-order valence-corrected chi connectivity index (χ4v) is 3.87. The third-order valence-electron chi connectivity index (χ3n) is 5.74. The number of carbonyl (C=O) groups is 3. The Kier molecular flexibility index (Phi) is 7.51. The van der Waals surface area contributed by atoms with Crippen LogP contribution in [-0.4, -0.2) is 34.4 Å². The first-order valence-electron chi connectivity index (χ1n) is 11.4. The molecule has 1 heterocycles. The zero-order chi connectivity index (χ0) is 25.5. The molecule has 4 aromatic rings. The van der Waals surface area contributed by atoms with E-state index in [1.54, 1.807) is 60.8 Å². The molecule has 0 fully saturated rings. The molecule has 0 spiro atoms. The summed E-state index contributed by atoms with van der Waals surface area (Å²) in [5, 5.41) is 12.6. The van der Waals surface area contributed by atoms with Crippen molar-refractivity contribution < 1.29 is 19.5 Å². The second-order valence-corrected chi connectivity index (χ2v) is 8.19. The van der Waals surface area contributed by atoms with Crippen LogP contribution in [0.25, 0.3) is 11.1 Å². The molecule has 7 nitrogen and oxygen atoms in total. The highest BCUT2D eigenvalue weighted by molar-refractivity contribution is 6.09. The lowest BCUT2D eigenvalue weighted by atomic mass is 9.97. The minimum Gasteiger partial charge on any atom is -0.465 e. The molecule has 0 aliphatic rings. The van der Waals surface area contributed by atoms with Gasteiger partial charge in [0.2, 0.25) is 0 Å². The molecular formula is C29H25N3O4. The molecule has 36 heavy (non-hydrogen) atoms. The highest BCUT2D eigenvalue weighted by Gasteiger charge is 2.16. The van der Waals surface area contributed by atoms with Crippen molar-refractivity contribution >= 4 is 29.2 Å². The maximum Gasteiger partial charge on any atom is 0.411 e. The van der Waals surface area contributed by atoms with Crippen LogP contribution in [0.4, 0.5) is 16.2 Å². The Morgan fingerprint density at radius 1 is 0.889 bits per heavy atom. The van der Waals surface area contributed by atoms with Gasteiger partial charge in [-0.15, -0.1) is 0 Å². The fourth-order valence-electron chi connectivity index (χ4n) is 3.87. The molecule has 7 heteroatoms. The van der Waals surface area contributed by atoms with Crippen molar-refractivity contribution in [2.24, 2.45) is 0 Å². The summed E-state index contributed by atoms with van der Waals surface area (Å²) in [5.74, 6) is -0.355. The highest BCUT2D eigenvalue weighted by Crippen LogP contribution is 2.26. The quantitative estimate of drug-likeness (QED) is 0.305. The summed E-state index contributed by atoms with van der Waals surface area (Å²) in [6.45, 7) is 1.76. The molecule has 4 rings (SSSR count). The van der Waals surface area contributed by atoms with E-state index >= 15 is 0 Å². The van der Waals surface area contributed by atoms with E-state index in [2.05, 4.69) is 10.3 Å². The lowest BCUT2D eigenvalue weighted by Crippen LogP contribution is -2.31. The number of ketones is 1. The van der Waals surface area contributed by atoms with E-state index in [0.717, 1.165) is 11.3 Å². The van der Waals surface area contributed by atoms with Crippen molar-refractivity contribution in [3.63, 3.8) is 0 Å². The van der Waals surface area contributed by atoms with Crippen molar-refractivity contribution in [1.29, 1.82) is 0 Å². The minimum atomic E-state index is -1.07. The van der Waals surface area contributed by atoms with Gasteiger partial charge < -0.3 is 10.4 Å². The van der Waals surface area contributed by atoms with Gasteiger partial charge in [0.25, 0.3) is 5.91 Å². The Morgan fingerprint density at radius 3 is 2.33 bits per heavy atom. The van der Waals surface area contributed by atoms with E-state index in [-0.39, 0.29) is 18.2 Å². The molecule has 0 radical (unpaired) electrons. The van der Waals surface area contributed by atoms with E-state index < -0.39 is 6.09 Å². The molecule has 1 aromatic heterocycles. The number of carbonyl (C=O) groups excluding carboxylic acids is 2. The van der Waals surface area contributed by atoms with E-state index in [0.29, 0.717) is 34.5 Å². The van der Waals surface area contributed by atoms with Crippen LogP contribution < -0.4 is 10.2 Å². The van der Waals surface area contributed by atoms with Gasteiger partial charge in [0, 0.05) is 47.4 Å². The number of amides is 2. The molecule has 2 N–H and O–H groups in total. The second-order valence-electron chi connectivity index (χ2n) is 8.19. The molecule has 3 aromatic carbocycles. The summed E-state index contributed by atoms with van der Waals surface area (Å²) < 4.78 is 0. The number of rotatable bonds is 8. The monoisotopic (exact) mass is 479 g/mol. The first kappa shape index (κ1) is 24.3. The average molecular weight is 480 g/mol. The van der Waals surface area contributed by atoms with Crippen molar-refractivity contribution in [2.45, 2.75) is 13.3 Å². The zero-order valence-corrected chi connectivity index (χ0v) is 19.7. The standard InChI is InChI=1S/C29H25N3O4/c1-20(33)21-7-6-8-22(19-21)26-10-2-3-11-27(26)28(34)31-24-12-14-25(15-13-24)32(29(35)36)18-16-23-9-4-5-17-30-23/h2-15,17,19H,16,18H2,1H3,(H,31,34)(H,35,36). The van der Waals surface area contributed by atoms with Crippen molar-refractivity contribution in [1.82, 2.24) is 4.98 Å². The molecule has 0 atom stereocenters. The number of pyridine rings is 1. The number of carboxylic acid groups (broad SMARTS) is 1.